The number of sulfonamides is 1. The zero-order chi connectivity index (χ0) is 20.6. The van der Waals surface area contributed by atoms with E-state index in [2.05, 4.69) is 0 Å². The Morgan fingerprint density at radius 3 is 2.25 bits per heavy atom. The monoisotopic (exact) mass is 405 g/mol. The average Bonchev–Trinajstić information content (AvgIpc) is 2.65. The molecule has 0 aliphatic rings. The molecule has 0 amide bonds. The van der Waals surface area contributed by atoms with Crippen LogP contribution in [0, 0.1) is 5.82 Å². The molecule has 0 saturated carbocycles. The zero-order valence-electron chi connectivity index (χ0n) is 15.7. The summed E-state index contributed by atoms with van der Waals surface area (Å²) < 4.78 is 42.1. The van der Waals surface area contributed by atoms with Gasteiger partial charge in [-0.05, 0) is 42.8 Å². The standard InChI is InChI=1S/C19H20FN3O4S/c1-4-22-16-9-8-15(28(26,27)21(2)3)11-17(16)23(19(25)18(22)24)12-13-6-5-7-14(20)10-13/h5-11H,4,12H2,1-3H3. The maximum Gasteiger partial charge on any atom is 0.317 e. The maximum atomic E-state index is 13.6. The summed E-state index contributed by atoms with van der Waals surface area (Å²) in [4.78, 5) is 25.2. The molecule has 7 nitrogen and oxygen atoms in total. The molecule has 0 spiro atoms. The smallest absolute Gasteiger partial charge is 0.302 e. The van der Waals surface area contributed by atoms with Crippen molar-refractivity contribution in [1.82, 2.24) is 13.4 Å². The quantitative estimate of drug-likeness (QED) is 0.604. The highest BCUT2D eigenvalue weighted by Crippen LogP contribution is 2.20. The topological polar surface area (TPSA) is 81.4 Å². The molecule has 0 atom stereocenters. The van der Waals surface area contributed by atoms with E-state index in [1.807, 2.05) is 0 Å². The van der Waals surface area contributed by atoms with Crippen molar-refractivity contribution in [3.05, 3.63) is 74.6 Å². The number of aryl methyl sites for hydroxylation is 1. The van der Waals surface area contributed by atoms with Crippen LogP contribution in [0.1, 0.15) is 12.5 Å². The fourth-order valence-electron chi connectivity index (χ4n) is 3.06. The molecule has 1 heterocycles. The molecule has 3 rings (SSSR count). The molecule has 0 aliphatic carbocycles. The summed E-state index contributed by atoms with van der Waals surface area (Å²) in [6.07, 6.45) is 0. The molecule has 2 aromatic carbocycles. The van der Waals surface area contributed by atoms with Crippen LogP contribution in [0.2, 0.25) is 0 Å². The third-order valence-corrected chi connectivity index (χ3v) is 6.34. The van der Waals surface area contributed by atoms with Crippen molar-refractivity contribution in [2.45, 2.75) is 24.9 Å². The summed E-state index contributed by atoms with van der Waals surface area (Å²) in [7, 11) is -0.919. The van der Waals surface area contributed by atoms with E-state index in [9.17, 15) is 22.4 Å². The van der Waals surface area contributed by atoms with E-state index in [0.29, 0.717) is 16.6 Å². The van der Waals surface area contributed by atoms with Crippen LogP contribution in [0.3, 0.4) is 0 Å². The first-order valence-corrected chi connectivity index (χ1v) is 10.0. The highest BCUT2D eigenvalue weighted by Gasteiger charge is 2.20. The Balaban J connectivity index is 2.36. The molecule has 0 N–H and O–H groups in total. The Morgan fingerprint density at radius 2 is 1.64 bits per heavy atom. The normalized spacial score (nSPS) is 12.0. The molecule has 9 heteroatoms. The van der Waals surface area contributed by atoms with Crippen LogP contribution in [0.5, 0.6) is 0 Å². The van der Waals surface area contributed by atoms with Crippen LogP contribution in [0.4, 0.5) is 4.39 Å². The van der Waals surface area contributed by atoms with Gasteiger partial charge >= 0.3 is 11.1 Å². The first-order chi connectivity index (χ1) is 13.2. The Hall–Kier alpha value is -2.78. The SMILES string of the molecule is CCn1c(=O)c(=O)n(Cc2cccc(F)c2)c2cc(S(=O)(=O)N(C)C)ccc21. The minimum Gasteiger partial charge on any atom is -0.302 e. The summed E-state index contributed by atoms with van der Waals surface area (Å²) in [6.45, 7) is 1.92. The summed E-state index contributed by atoms with van der Waals surface area (Å²) in [5.74, 6) is -0.465. The van der Waals surface area contributed by atoms with Gasteiger partial charge in [0, 0.05) is 20.6 Å². The highest BCUT2D eigenvalue weighted by atomic mass is 32.2. The summed E-state index contributed by atoms with van der Waals surface area (Å²) in [6, 6.07) is 9.97. The van der Waals surface area contributed by atoms with Crippen molar-refractivity contribution in [1.29, 1.82) is 0 Å². The second-order valence-electron chi connectivity index (χ2n) is 6.51. The van der Waals surface area contributed by atoms with Gasteiger partial charge in [-0.3, -0.25) is 14.2 Å². The molecule has 0 aliphatic heterocycles. The van der Waals surface area contributed by atoms with Gasteiger partial charge in [0.05, 0.1) is 22.5 Å². The lowest BCUT2D eigenvalue weighted by atomic mass is 10.2. The Labute approximate surface area is 161 Å². The van der Waals surface area contributed by atoms with E-state index >= 15 is 0 Å². The van der Waals surface area contributed by atoms with Gasteiger partial charge in [-0.1, -0.05) is 12.1 Å². The molecule has 0 unspecified atom stereocenters. The predicted molar refractivity (Wildman–Crippen MR) is 105 cm³/mol. The zero-order valence-corrected chi connectivity index (χ0v) is 16.5. The lowest BCUT2D eigenvalue weighted by Gasteiger charge is -2.17. The molecule has 0 radical (unpaired) electrons. The van der Waals surface area contributed by atoms with Gasteiger partial charge in [0.15, 0.2) is 0 Å². The number of hydrogen-bond acceptors (Lipinski definition) is 4. The van der Waals surface area contributed by atoms with E-state index in [1.54, 1.807) is 13.0 Å². The number of hydrogen-bond donors (Lipinski definition) is 0. The lowest BCUT2D eigenvalue weighted by molar-refractivity contribution is 0.521. The van der Waals surface area contributed by atoms with E-state index in [4.69, 9.17) is 0 Å². The summed E-state index contributed by atoms with van der Waals surface area (Å²) >= 11 is 0. The fraction of sp³-hybridized carbons (Fsp3) is 0.263. The number of benzene rings is 2. The van der Waals surface area contributed by atoms with Gasteiger partial charge < -0.3 is 4.57 Å². The van der Waals surface area contributed by atoms with Gasteiger partial charge in [-0.25, -0.2) is 17.1 Å². The van der Waals surface area contributed by atoms with Crippen molar-refractivity contribution < 1.29 is 12.8 Å². The molecule has 0 bridgehead atoms. The van der Waals surface area contributed by atoms with Gasteiger partial charge in [-0.15, -0.1) is 0 Å². The van der Waals surface area contributed by atoms with Gasteiger partial charge in [0.1, 0.15) is 5.82 Å². The molecular weight excluding hydrogens is 385 g/mol. The molecule has 0 fully saturated rings. The summed E-state index contributed by atoms with van der Waals surface area (Å²) in [5.41, 5.74) is -0.301. The first-order valence-electron chi connectivity index (χ1n) is 8.61. The Morgan fingerprint density at radius 1 is 0.964 bits per heavy atom. The highest BCUT2D eigenvalue weighted by molar-refractivity contribution is 7.89. The van der Waals surface area contributed by atoms with Gasteiger partial charge in [-0.2, -0.15) is 0 Å². The van der Waals surface area contributed by atoms with E-state index in [-0.39, 0.29) is 18.0 Å². The van der Waals surface area contributed by atoms with Crippen molar-refractivity contribution in [3.63, 3.8) is 0 Å². The minimum atomic E-state index is -3.74. The van der Waals surface area contributed by atoms with Gasteiger partial charge in [0.2, 0.25) is 10.0 Å². The van der Waals surface area contributed by atoms with Crippen LogP contribution < -0.4 is 11.1 Å². The molecule has 148 valence electrons. The Kier molecular flexibility index (Phi) is 5.22. The lowest BCUT2D eigenvalue weighted by Crippen LogP contribution is -2.41. The van der Waals surface area contributed by atoms with E-state index in [0.717, 1.165) is 4.31 Å². The molecule has 1 aromatic heterocycles. The van der Waals surface area contributed by atoms with Crippen molar-refractivity contribution in [2.75, 3.05) is 14.1 Å². The molecule has 0 saturated heterocycles. The second-order valence-corrected chi connectivity index (χ2v) is 8.66. The first kappa shape index (κ1) is 20.0. The van der Waals surface area contributed by atoms with Crippen LogP contribution in [-0.4, -0.2) is 36.0 Å². The molecular formula is C19H20FN3O4S. The average molecular weight is 405 g/mol. The predicted octanol–water partition coefficient (Wildman–Crippen LogP) is 1.62. The van der Waals surface area contributed by atoms with E-state index < -0.39 is 27.0 Å². The Bertz CT molecular complexity index is 1280. The van der Waals surface area contributed by atoms with Crippen LogP contribution in [-0.2, 0) is 23.1 Å². The van der Waals surface area contributed by atoms with Crippen molar-refractivity contribution in [3.8, 4) is 0 Å². The van der Waals surface area contributed by atoms with Crippen LogP contribution >= 0.6 is 0 Å². The molecule has 28 heavy (non-hydrogen) atoms. The largest absolute Gasteiger partial charge is 0.317 e. The number of fused-ring (bicyclic) bond motifs is 1. The maximum absolute atomic E-state index is 13.6. The van der Waals surface area contributed by atoms with E-state index in [1.165, 1.54) is 59.6 Å². The number of nitrogens with zero attached hydrogens (tertiary/aromatic N) is 3. The minimum absolute atomic E-state index is 0.00121. The van der Waals surface area contributed by atoms with Gasteiger partial charge in [0.25, 0.3) is 0 Å². The number of halogens is 1. The fourth-order valence-corrected chi connectivity index (χ4v) is 3.98. The third-order valence-electron chi connectivity index (χ3n) is 4.53. The van der Waals surface area contributed by atoms with Crippen LogP contribution in [0.15, 0.2) is 56.9 Å². The number of aromatic nitrogens is 2. The third kappa shape index (κ3) is 3.38. The van der Waals surface area contributed by atoms with Crippen molar-refractivity contribution >= 4 is 21.1 Å². The second kappa shape index (κ2) is 7.33. The summed E-state index contributed by atoms with van der Waals surface area (Å²) in [5, 5.41) is 0. The molecule has 3 aromatic rings. The number of rotatable bonds is 5. The van der Waals surface area contributed by atoms with Crippen LogP contribution in [0.25, 0.3) is 11.0 Å². The van der Waals surface area contributed by atoms with Crippen molar-refractivity contribution in [2.24, 2.45) is 0 Å².